The highest BCUT2D eigenvalue weighted by molar-refractivity contribution is 8.18. The fourth-order valence-corrected chi connectivity index (χ4v) is 5.10. The Hall–Kier alpha value is -3.90. The summed E-state index contributed by atoms with van der Waals surface area (Å²) in [5, 5.41) is 27.7. The number of carbonyl (C=O) groups is 2. The minimum atomic E-state index is -0.546. The van der Waals surface area contributed by atoms with E-state index in [1.807, 2.05) is 6.92 Å². The maximum absolute atomic E-state index is 12.9. The summed E-state index contributed by atoms with van der Waals surface area (Å²) in [5.41, 5.74) is 2.62. The van der Waals surface area contributed by atoms with E-state index in [2.05, 4.69) is 39.4 Å². The molecule has 2 aromatic rings. The SMILES string of the molecule is CCN(CC)CCNC(=O)c1c(C)[nH]c(/C=C2/SC(=Nc3cccc([N+](=O)[O-])c3)C(C(=O)NC)=C2O)c1C. The molecule has 0 fully saturated rings. The van der Waals surface area contributed by atoms with Crippen LogP contribution in [0, 0.1) is 24.0 Å². The second kappa shape index (κ2) is 12.6. The number of aromatic nitrogens is 1. The number of aliphatic imine (C=N–C) groups is 1. The Balaban J connectivity index is 1.92. The number of nitro benzene ring substituents is 1. The van der Waals surface area contributed by atoms with E-state index < -0.39 is 10.8 Å². The molecule has 0 unspecified atom stereocenters. The molecule has 2 amide bonds. The molecular weight excluding hydrogens is 508 g/mol. The van der Waals surface area contributed by atoms with Gasteiger partial charge in [-0.2, -0.15) is 0 Å². The van der Waals surface area contributed by atoms with E-state index in [9.17, 15) is 24.8 Å². The minimum Gasteiger partial charge on any atom is -0.506 e. The van der Waals surface area contributed by atoms with Crippen molar-refractivity contribution in [3.63, 3.8) is 0 Å². The van der Waals surface area contributed by atoms with Crippen molar-refractivity contribution in [2.75, 3.05) is 33.2 Å². The number of likely N-dealkylation sites (N-methyl/N-ethyl adjacent to an activating group) is 2. The fourth-order valence-electron chi connectivity index (χ4n) is 4.07. The number of thioether (sulfide) groups is 1. The number of carbonyl (C=O) groups excluding carboxylic acids is 2. The fraction of sp³-hybridized carbons (Fsp3) is 0.346. The first-order valence-electron chi connectivity index (χ1n) is 12.2. The van der Waals surface area contributed by atoms with E-state index in [1.165, 1.54) is 25.2 Å². The van der Waals surface area contributed by atoms with Gasteiger partial charge >= 0.3 is 0 Å². The summed E-state index contributed by atoms with van der Waals surface area (Å²) in [4.78, 5) is 46.3. The van der Waals surface area contributed by atoms with Crippen LogP contribution in [-0.2, 0) is 4.79 Å². The van der Waals surface area contributed by atoms with Gasteiger partial charge in [0.25, 0.3) is 17.5 Å². The molecule has 38 heavy (non-hydrogen) atoms. The standard InChI is InChI=1S/C26H32N6O5S/c1-6-31(7-2)12-11-28-25(35)21-15(3)19(29-16(21)4)14-20-23(33)22(24(34)27-5)26(38-20)30-17-9-8-10-18(13-17)32(36)37/h8-10,13-14,29,33H,6-7,11-12H2,1-5H3,(H,27,34)(H,28,35)/b20-14+,30-26?. The first kappa shape index (κ1) is 28.7. The van der Waals surface area contributed by atoms with E-state index in [0.29, 0.717) is 34.0 Å². The molecule has 2 heterocycles. The molecule has 0 saturated heterocycles. The summed E-state index contributed by atoms with van der Waals surface area (Å²) in [6.45, 7) is 10.9. The number of aryl methyl sites for hydroxylation is 1. The number of aliphatic hydroxyl groups excluding tert-OH is 1. The van der Waals surface area contributed by atoms with Crippen LogP contribution >= 0.6 is 11.8 Å². The number of aromatic amines is 1. The van der Waals surface area contributed by atoms with Crippen LogP contribution in [0.2, 0.25) is 0 Å². The molecule has 1 aliphatic rings. The van der Waals surface area contributed by atoms with Crippen molar-refractivity contribution in [2.45, 2.75) is 27.7 Å². The number of amides is 2. The molecule has 0 radical (unpaired) electrons. The average molecular weight is 541 g/mol. The predicted molar refractivity (Wildman–Crippen MR) is 150 cm³/mol. The molecule has 0 saturated carbocycles. The number of aliphatic hydroxyl groups is 1. The van der Waals surface area contributed by atoms with Gasteiger partial charge in [0.15, 0.2) is 0 Å². The third-order valence-electron chi connectivity index (χ3n) is 6.20. The molecule has 1 aromatic heterocycles. The first-order chi connectivity index (χ1) is 18.1. The lowest BCUT2D eigenvalue weighted by molar-refractivity contribution is -0.384. The highest BCUT2D eigenvalue weighted by Gasteiger charge is 2.32. The third kappa shape index (κ3) is 6.32. The second-order valence-electron chi connectivity index (χ2n) is 8.55. The van der Waals surface area contributed by atoms with Crippen LogP contribution in [0.3, 0.4) is 0 Å². The summed E-state index contributed by atoms with van der Waals surface area (Å²) in [6, 6.07) is 5.70. The molecular formula is C26H32N6O5S. The zero-order valence-corrected chi connectivity index (χ0v) is 22.9. The molecule has 0 spiro atoms. The van der Waals surface area contributed by atoms with Crippen LogP contribution in [0.15, 0.2) is 45.5 Å². The lowest BCUT2D eigenvalue weighted by Crippen LogP contribution is -2.35. The van der Waals surface area contributed by atoms with Crippen LogP contribution in [0.5, 0.6) is 0 Å². The largest absolute Gasteiger partial charge is 0.506 e. The Morgan fingerprint density at radius 3 is 2.58 bits per heavy atom. The van der Waals surface area contributed by atoms with Crippen molar-refractivity contribution in [1.82, 2.24) is 20.5 Å². The van der Waals surface area contributed by atoms with Crippen LogP contribution in [-0.4, -0.2) is 70.0 Å². The van der Waals surface area contributed by atoms with Gasteiger partial charge in [-0.25, -0.2) is 4.99 Å². The lowest BCUT2D eigenvalue weighted by Gasteiger charge is -2.18. The maximum atomic E-state index is 12.9. The smallest absolute Gasteiger partial charge is 0.271 e. The zero-order chi connectivity index (χ0) is 28.0. The number of hydrogen-bond acceptors (Lipinski definition) is 8. The molecule has 11 nitrogen and oxygen atoms in total. The zero-order valence-electron chi connectivity index (χ0n) is 22.0. The van der Waals surface area contributed by atoms with Crippen molar-refractivity contribution in [2.24, 2.45) is 4.99 Å². The van der Waals surface area contributed by atoms with Gasteiger partial charge in [-0.15, -0.1) is 0 Å². The number of benzene rings is 1. The number of non-ortho nitro benzene ring substituents is 1. The molecule has 4 N–H and O–H groups in total. The molecule has 0 atom stereocenters. The molecule has 3 rings (SSSR count). The molecule has 12 heteroatoms. The van der Waals surface area contributed by atoms with Gasteiger partial charge in [0.2, 0.25) is 0 Å². The number of H-pyrrole nitrogens is 1. The maximum Gasteiger partial charge on any atom is 0.271 e. The van der Waals surface area contributed by atoms with Crippen molar-refractivity contribution in [1.29, 1.82) is 0 Å². The quantitative estimate of drug-likeness (QED) is 0.263. The van der Waals surface area contributed by atoms with Crippen LogP contribution in [0.1, 0.15) is 41.2 Å². The molecule has 0 bridgehead atoms. The molecule has 0 aliphatic carbocycles. The summed E-state index contributed by atoms with van der Waals surface area (Å²) in [5.74, 6) is -1.00. The second-order valence-corrected chi connectivity index (χ2v) is 9.58. The lowest BCUT2D eigenvalue weighted by atomic mass is 10.1. The van der Waals surface area contributed by atoms with E-state index >= 15 is 0 Å². The minimum absolute atomic E-state index is 0.0365. The Labute approximate surface area is 225 Å². The highest BCUT2D eigenvalue weighted by atomic mass is 32.2. The predicted octanol–water partition coefficient (Wildman–Crippen LogP) is 3.99. The number of hydrogen-bond donors (Lipinski definition) is 4. The summed E-state index contributed by atoms with van der Waals surface area (Å²) in [7, 11) is 1.43. The molecule has 1 aromatic carbocycles. The third-order valence-corrected chi connectivity index (χ3v) is 7.22. The Morgan fingerprint density at radius 2 is 1.95 bits per heavy atom. The Morgan fingerprint density at radius 1 is 1.24 bits per heavy atom. The first-order valence-corrected chi connectivity index (χ1v) is 13.0. The van der Waals surface area contributed by atoms with E-state index in [1.54, 1.807) is 19.1 Å². The van der Waals surface area contributed by atoms with Gasteiger partial charge in [0.05, 0.1) is 21.1 Å². The van der Waals surface area contributed by atoms with E-state index in [4.69, 9.17) is 0 Å². The molecule has 1 aliphatic heterocycles. The number of rotatable bonds is 10. The van der Waals surface area contributed by atoms with Gasteiger partial charge in [-0.3, -0.25) is 19.7 Å². The van der Waals surface area contributed by atoms with Crippen LogP contribution < -0.4 is 10.6 Å². The van der Waals surface area contributed by atoms with Gasteiger partial charge in [-0.05, 0) is 44.6 Å². The summed E-state index contributed by atoms with van der Waals surface area (Å²) >= 11 is 1.06. The number of nitrogens with one attached hydrogen (secondary N) is 3. The van der Waals surface area contributed by atoms with E-state index in [-0.39, 0.29) is 33.7 Å². The van der Waals surface area contributed by atoms with Crippen LogP contribution in [0.25, 0.3) is 6.08 Å². The summed E-state index contributed by atoms with van der Waals surface area (Å²) < 4.78 is 0. The number of nitrogens with zero attached hydrogens (tertiary/aromatic N) is 3. The average Bonchev–Trinajstić information content (AvgIpc) is 3.35. The Bertz CT molecular complexity index is 1340. The van der Waals surface area contributed by atoms with Gasteiger partial charge in [0.1, 0.15) is 16.4 Å². The van der Waals surface area contributed by atoms with Crippen molar-refractivity contribution in [3.05, 3.63) is 73.1 Å². The van der Waals surface area contributed by atoms with Crippen LogP contribution in [0.4, 0.5) is 11.4 Å². The van der Waals surface area contributed by atoms with Gasteiger partial charge in [0, 0.05) is 43.7 Å². The Kier molecular flexibility index (Phi) is 9.48. The van der Waals surface area contributed by atoms with Crippen molar-refractivity contribution >= 4 is 46.1 Å². The van der Waals surface area contributed by atoms with E-state index in [0.717, 1.165) is 31.4 Å². The normalized spacial score (nSPS) is 15.5. The monoisotopic (exact) mass is 540 g/mol. The molecule has 202 valence electrons. The summed E-state index contributed by atoms with van der Waals surface area (Å²) in [6.07, 6.45) is 1.66. The topological polar surface area (TPSA) is 153 Å². The van der Waals surface area contributed by atoms with Gasteiger partial charge < -0.3 is 25.6 Å². The van der Waals surface area contributed by atoms with Crippen molar-refractivity contribution < 1.29 is 19.6 Å². The van der Waals surface area contributed by atoms with Crippen molar-refractivity contribution in [3.8, 4) is 0 Å². The highest BCUT2D eigenvalue weighted by Crippen LogP contribution is 2.40. The van der Waals surface area contributed by atoms with Gasteiger partial charge in [-0.1, -0.05) is 31.7 Å². The number of nitro groups is 1.